The van der Waals surface area contributed by atoms with Gasteiger partial charge < -0.3 is 10.1 Å². The fraction of sp³-hybridized carbons (Fsp3) is 0.400. The Bertz CT molecular complexity index is 516. The second kappa shape index (κ2) is 6.65. The summed E-state index contributed by atoms with van der Waals surface area (Å²) >= 11 is 0. The van der Waals surface area contributed by atoms with E-state index in [1.54, 1.807) is 32.9 Å². The van der Waals surface area contributed by atoms with Gasteiger partial charge in [0, 0.05) is 6.54 Å². The lowest BCUT2D eigenvalue weighted by Gasteiger charge is -2.19. The van der Waals surface area contributed by atoms with Gasteiger partial charge in [-0.2, -0.15) is 13.2 Å². The van der Waals surface area contributed by atoms with Gasteiger partial charge in [-0.15, -0.1) is 0 Å². The number of nitrogens with one attached hydrogen (secondary N) is 1. The predicted octanol–water partition coefficient (Wildman–Crippen LogP) is 4.24. The van der Waals surface area contributed by atoms with E-state index in [0.29, 0.717) is 5.56 Å². The van der Waals surface area contributed by atoms with E-state index in [1.165, 1.54) is 12.1 Å². The molecule has 0 heterocycles. The number of ether oxygens (including phenoxy) is 1. The normalized spacial score (nSPS) is 12.5. The number of hydrogen-bond donors (Lipinski definition) is 1. The Balaban J connectivity index is 2.53. The number of carbonyl (C=O) groups excluding carboxylic acids is 1. The van der Waals surface area contributed by atoms with Crippen LogP contribution in [0.5, 0.6) is 0 Å². The summed E-state index contributed by atoms with van der Waals surface area (Å²) in [7, 11) is 0. The Kier molecular flexibility index (Phi) is 5.41. The SMILES string of the molecule is CC(C)(C)OC(=O)NC/C=C/c1cccc(C(F)(F)F)c1. The van der Waals surface area contributed by atoms with E-state index in [9.17, 15) is 18.0 Å². The van der Waals surface area contributed by atoms with Crippen molar-refractivity contribution in [3.05, 3.63) is 41.5 Å². The first kappa shape index (κ1) is 17.1. The fourth-order valence-electron chi connectivity index (χ4n) is 1.47. The molecule has 0 saturated heterocycles. The largest absolute Gasteiger partial charge is 0.444 e. The second-order valence-corrected chi connectivity index (χ2v) is 5.41. The summed E-state index contributed by atoms with van der Waals surface area (Å²) in [5.41, 5.74) is -0.880. The van der Waals surface area contributed by atoms with Gasteiger partial charge in [0.15, 0.2) is 0 Å². The van der Waals surface area contributed by atoms with Crippen LogP contribution in [0.25, 0.3) is 6.08 Å². The highest BCUT2D eigenvalue weighted by Crippen LogP contribution is 2.29. The summed E-state index contributed by atoms with van der Waals surface area (Å²) in [5.74, 6) is 0. The molecule has 0 radical (unpaired) electrons. The minimum atomic E-state index is -4.36. The minimum Gasteiger partial charge on any atom is -0.444 e. The molecule has 0 unspecified atom stereocenters. The molecule has 1 aromatic carbocycles. The molecule has 1 amide bonds. The molecule has 1 N–H and O–H groups in total. The zero-order valence-electron chi connectivity index (χ0n) is 12.1. The first-order chi connectivity index (χ1) is 9.58. The number of hydrogen-bond acceptors (Lipinski definition) is 2. The Labute approximate surface area is 121 Å². The number of rotatable bonds is 3. The molecule has 0 aromatic heterocycles. The van der Waals surface area contributed by atoms with E-state index in [1.807, 2.05) is 0 Å². The van der Waals surface area contributed by atoms with E-state index in [2.05, 4.69) is 5.32 Å². The van der Waals surface area contributed by atoms with Crippen molar-refractivity contribution in [2.45, 2.75) is 32.5 Å². The summed E-state index contributed by atoms with van der Waals surface area (Å²) in [6.07, 6.45) is -1.87. The van der Waals surface area contributed by atoms with E-state index in [0.717, 1.165) is 12.1 Å². The molecule has 116 valence electrons. The summed E-state index contributed by atoms with van der Waals surface area (Å²) in [6, 6.07) is 4.95. The third kappa shape index (κ3) is 6.83. The third-order valence-electron chi connectivity index (χ3n) is 2.29. The van der Waals surface area contributed by atoms with Crippen LogP contribution < -0.4 is 5.32 Å². The highest BCUT2D eigenvalue weighted by Gasteiger charge is 2.30. The van der Waals surface area contributed by atoms with Crippen molar-refractivity contribution in [1.29, 1.82) is 0 Å². The first-order valence-corrected chi connectivity index (χ1v) is 6.38. The van der Waals surface area contributed by atoms with Crippen molar-refractivity contribution < 1.29 is 22.7 Å². The molecule has 0 saturated carbocycles. The molecule has 0 aliphatic carbocycles. The van der Waals surface area contributed by atoms with E-state index >= 15 is 0 Å². The van der Waals surface area contributed by atoms with Crippen LogP contribution in [-0.2, 0) is 10.9 Å². The van der Waals surface area contributed by atoms with Gasteiger partial charge in [0.05, 0.1) is 5.56 Å². The molecule has 1 aromatic rings. The maximum Gasteiger partial charge on any atom is 0.416 e. The molecule has 0 spiro atoms. The number of benzene rings is 1. The quantitative estimate of drug-likeness (QED) is 0.906. The zero-order valence-corrected chi connectivity index (χ0v) is 12.1. The van der Waals surface area contributed by atoms with Gasteiger partial charge in [0.1, 0.15) is 5.60 Å². The summed E-state index contributed by atoms with van der Waals surface area (Å²) in [5, 5.41) is 2.48. The number of alkyl halides is 3. The molecule has 21 heavy (non-hydrogen) atoms. The molecule has 0 aliphatic rings. The monoisotopic (exact) mass is 301 g/mol. The van der Waals surface area contributed by atoms with E-state index in [4.69, 9.17) is 4.74 Å². The van der Waals surface area contributed by atoms with Crippen LogP contribution in [0.4, 0.5) is 18.0 Å². The zero-order chi connectivity index (χ0) is 16.1. The first-order valence-electron chi connectivity index (χ1n) is 6.38. The maximum absolute atomic E-state index is 12.5. The van der Waals surface area contributed by atoms with Gasteiger partial charge in [-0.25, -0.2) is 4.79 Å². The van der Waals surface area contributed by atoms with Gasteiger partial charge in [-0.05, 0) is 38.5 Å². The molecule has 0 atom stereocenters. The predicted molar refractivity (Wildman–Crippen MR) is 74.7 cm³/mol. The van der Waals surface area contributed by atoms with Gasteiger partial charge >= 0.3 is 12.3 Å². The highest BCUT2D eigenvalue weighted by atomic mass is 19.4. The molecule has 3 nitrogen and oxygen atoms in total. The molecule has 1 rings (SSSR count). The van der Waals surface area contributed by atoms with Gasteiger partial charge in [0.25, 0.3) is 0 Å². The average Bonchev–Trinajstić information content (AvgIpc) is 2.32. The molecule has 0 aliphatic heterocycles. The summed E-state index contributed by atoms with van der Waals surface area (Å²) in [6.45, 7) is 5.40. The van der Waals surface area contributed by atoms with Crippen molar-refractivity contribution in [3.63, 3.8) is 0 Å². The topological polar surface area (TPSA) is 38.3 Å². The molecular formula is C15H18F3NO2. The van der Waals surface area contributed by atoms with Gasteiger partial charge in [-0.1, -0.05) is 24.3 Å². The van der Waals surface area contributed by atoms with Gasteiger partial charge in [0.2, 0.25) is 0 Å². The van der Waals surface area contributed by atoms with Gasteiger partial charge in [-0.3, -0.25) is 0 Å². The van der Waals surface area contributed by atoms with E-state index < -0.39 is 23.4 Å². The molecular weight excluding hydrogens is 283 g/mol. The number of amides is 1. The Morgan fingerprint density at radius 3 is 2.52 bits per heavy atom. The van der Waals surface area contributed by atoms with Crippen LogP contribution in [0.1, 0.15) is 31.9 Å². The lowest BCUT2D eigenvalue weighted by atomic mass is 10.1. The van der Waals surface area contributed by atoms with Crippen LogP contribution in [0.3, 0.4) is 0 Å². The average molecular weight is 301 g/mol. The lowest BCUT2D eigenvalue weighted by Crippen LogP contribution is -2.32. The summed E-state index contributed by atoms with van der Waals surface area (Å²) < 4.78 is 42.6. The summed E-state index contributed by atoms with van der Waals surface area (Å²) in [4.78, 5) is 11.3. The van der Waals surface area contributed by atoms with Crippen LogP contribution in [-0.4, -0.2) is 18.2 Å². The number of halogens is 3. The standard InChI is InChI=1S/C15H18F3NO2/c1-14(2,3)21-13(20)19-9-5-7-11-6-4-8-12(10-11)15(16,17)18/h4-8,10H,9H2,1-3H3,(H,19,20)/b7-5+. The van der Waals surface area contributed by atoms with Crippen molar-refractivity contribution in [3.8, 4) is 0 Å². The van der Waals surface area contributed by atoms with Crippen molar-refractivity contribution in [1.82, 2.24) is 5.32 Å². The Morgan fingerprint density at radius 1 is 1.29 bits per heavy atom. The van der Waals surface area contributed by atoms with Crippen molar-refractivity contribution >= 4 is 12.2 Å². The van der Waals surface area contributed by atoms with Crippen LogP contribution in [0, 0.1) is 0 Å². The fourth-order valence-corrected chi connectivity index (χ4v) is 1.47. The van der Waals surface area contributed by atoms with E-state index in [-0.39, 0.29) is 6.54 Å². The Hall–Kier alpha value is -1.98. The van der Waals surface area contributed by atoms with Crippen molar-refractivity contribution in [2.24, 2.45) is 0 Å². The highest BCUT2D eigenvalue weighted by molar-refractivity contribution is 5.68. The number of carbonyl (C=O) groups is 1. The van der Waals surface area contributed by atoms with Crippen LogP contribution in [0.2, 0.25) is 0 Å². The second-order valence-electron chi connectivity index (χ2n) is 5.41. The van der Waals surface area contributed by atoms with Crippen LogP contribution >= 0.6 is 0 Å². The maximum atomic E-state index is 12.5. The molecule has 0 fully saturated rings. The lowest BCUT2D eigenvalue weighted by molar-refractivity contribution is -0.137. The molecule has 0 bridgehead atoms. The van der Waals surface area contributed by atoms with Crippen molar-refractivity contribution in [2.75, 3.05) is 6.54 Å². The Morgan fingerprint density at radius 2 is 1.95 bits per heavy atom. The minimum absolute atomic E-state index is 0.172. The molecule has 6 heteroatoms. The third-order valence-corrected chi connectivity index (χ3v) is 2.29. The smallest absolute Gasteiger partial charge is 0.416 e. The van der Waals surface area contributed by atoms with Crippen LogP contribution in [0.15, 0.2) is 30.3 Å². The number of alkyl carbamates (subject to hydrolysis) is 1.